The zero-order valence-electron chi connectivity index (χ0n) is 10.6. The Morgan fingerprint density at radius 2 is 2.10 bits per heavy atom. The van der Waals surface area contributed by atoms with Crippen LogP contribution in [-0.4, -0.2) is 27.0 Å². The SMILES string of the molecule is CCNC(=O)C(C)Oc1c(Cl)cc(Br)cc1S(=O)(=O)Cl. The van der Waals surface area contributed by atoms with Crippen molar-refractivity contribution in [3.8, 4) is 5.75 Å². The third kappa shape index (κ3) is 4.51. The number of rotatable bonds is 5. The summed E-state index contributed by atoms with van der Waals surface area (Å²) in [5, 5.41) is 2.59. The van der Waals surface area contributed by atoms with Crippen molar-refractivity contribution in [1.29, 1.82) is 0 Å². The van der Waals surface area contributed by atoms with E-state index >= 15 is 0 Å². The Bertz CT molecular complexity index is 621. The number of hydrogen-bond donors (Lipinski definition) is 1. The van der Waals surface area contributed by atoms with Crippen LogP contribution in [0.5, 0.6) is 5.75 Å². The highest BCUT2D eigenvalue weighted by Crippen LogP contribution is 2.37. The Morgan fingerprint density at radius 1 is 1.50 bits per heavy atom. The summed E-state index contributed by atoms with van der Waals surface area (Å²) in [5.74, 6) is -0.534. The van der Waals surface area contributed by atoms with Crippen molar-refractivity contribution < 1.29 is 17.9 Å². The third-order valence-electron chi connectivity index (χ3n) is 2.25. The van der Waals surface area contributed by atoms with Crippen molar-refractivity contribution in [3.05, 3.63) is 21.6 Å². The van der Waals surface area contributed by atoms with Crippen molar-refractivity contribution in [1.82, 2.24) is 5.32 Å². The Balaban J connectivity index is 3.21. The van der Waals surface area contributed by atoms with Crippen LogP contribution in [0.3, 0.4) is 0 Å². The van der Waals surface area contributed by atoms with Gasteiger partial charge in [-0.05, 0) is 26.0 Å². The molecular weight excluding hydrogens is 393 g/mol. The van der Waals surface area contributed by atoms with Crippen molar-refractivity contribution >= 4 is 53.2 Å². The van der Waals surface area contributed by atoms with E-state index in [2.05, 4.69) is 21.2 Å². The average Bonchev–Trinajstić information content (AvgIpc) is 2.31. The van der Waals surface area contributed by atoms with Gasteiger partial charge < -0.3 is 10.1 Å². The molecule has 1 N–H and O–H groups in total. The van der Waals surface area contributed by atoms with Crippen LogP contribution < -0.4 is 10.1 Å². The number of carbonyl (C=O) groups is 1. The van der Waals surface area contributed by atoms with Crippen LogP contribution in [0, 0.1) is 0 Å². The van der Waals surface area contributed by atoms with Crippen LogP contribution in [0.2, 0.25) is 5.02 Å². The fraction of sp³-hybridized carbons (Fsp3) is 0.364. The van der Waals surface area contributed by atoms with Crippen LogP contribution in [0.1, 0.15) is 13.8 Å². The quantitative estimate of drug-likeness (QED) is 0.765. The molecule has 1 amide bonds. The van der Waals surface area contributed by atoms with E-state index in [1.54, 1.807) is 6.92 Å². The number of nitrogens with one attached hydrogen (secondary N) is 1. The molecule has 20 heavy (non-hydrogen) atoms. The van der Waals surface area contributed by atoms with Gasteiger partial charge in [-0.25, -0.2) is 8.42 Å². The topological polar surface area (TPSA) is 72.5 Å². The van der Waals surface area contributed by atoms with Crippen molar-refractivity contribution in [2.45, 2.75) is 24.8 Å². The zero-order valence-corrected chi connectivity index (χ0v) is 14.5. The summed E-state index contributed by atoms with van der Waals surface area (Å²) in [6, 6.07) is 2.71. The minimum Gasteiger partial charge on any atom is -0.478 e. The number of benzene rings is 1. The minimum atomic E-state index is -4.06. The van der Waals surface area contributed by atoms with Crippen molar-refractivity contribution in [3.63, 3.8) is 0 Å². The normalized spacial score (nSPS) is 12.8. The number of ether oxygens (including phenoxy) is 1. The lowest BCUT2D eigenvalue weighted by atomic mass is 10.3. The summed E-state index contributed by atoms with van der Waals surface area (Å²) in [5.41, 5.74) is 0. The lowest BCUT2D eigenvalue weighted by Crippen LogP contribution is -2.36. The van der Waals surface area contributed by atoms with Gasteiger partial charge in [0.1, 0.15) is 4.90 Å². The van der Waals surface area contributed by atoms with E-state index in [0.29, 0.717) is 11.0 Å². The van der Waals surface area contributed by atoms with E-state index in [-0.39, 0.29) is 21.6 Å². The van der Waals surface area contributed by atoms with Crippen molar-refractivity contribution in [2.75, 3.05) is 6.54 Å². The number of amides is 1. The molecule has 0 heterocycles. The molecule has 1 rings (SSSR count). The van der Waals surface area contributed by atoms with Crippen molar-refractivity contribution in [2.24, 2.45) is 0 Å². The highest BCUT2D eigenvalue weighted by molar-refractivity contribution is 9.10. The molecule has 0 fully saturated rings. The maximum absolute atomic E-state index is 11.6. The van der Waals surface area contributed by atoms with Crippen LogP contribution in [0.15, 0.2) is 21.5 Å². The summed E-state index contributed by atoms with van der Waals surface area (Å²) in [6.45, 7) is 3.67. The first-order valence-electron chi connectivity index (χ1n) is 5.55. The molecule has 0 radical (unpaired) electrons. The second-order valence-electron chi connectivity index (χ2n) is 3.81. The molecule has 0 aliphatic heterocycles. The Kier molecular flexibility index (Phi) is 6.12. The zero-order chi connectivity index (χ0) is 15.5. The summed E-state index contributed by atoms with van der Waals surface area (Å²) in [6.07, 6.45) is -0.911. The minimum absolute atomic E-state index is 0.0368. The monoisotopic (exact) mass is 403 g/mol. The van der Waals surface area contributed by atoms with Gasteiger partial charge in [-0.1, -0.05) is 27.5 Å². The predicted molar refractivity (Wildman–Crippen MR) is 81.0 cm³/mol. The number of halogens is 3. The van der Waals surface area contributed by atoms with E-state index in [4.69, 9.17) is 27.0 Å². The molecule has 1 atom stereocenters. The molecule has 0 aromatic heterocycles. The maximum Gasteiger partial charge on any atom is 0.265 e. The van der Waals surface area contributed by atoms with Crippen LogP contribution in [0.4, 0.5) is 0 Å². The van der Waals surface area contributed by atoms with Crippen LogP contribution in [0.25, 0.3) is 0 Å². The summed E-state index contributed by atoms with van der Waals surface area (Å²) in [4.78, 5) is 11.3. The van der Waals surface area contributed by atoms with Gasteiger partial charge in [0.15, 0.2) is 11.9 Å². The molecule has 0 aliphatic carbocycles. The second-order valence-corrected chi connectivity index (χ2v) is 7.66. The molecule has 0 saturated carbocycles. The van der Waals surface area contributed by atoms with E-state index in [1.165, 1.54) is 19.1 Å². The molecule has 9 heteroatoms. The first kappa shape index (κ1) is 17.6. The van der Waals surface area contributed by atoms with E-state index in [9.17, 15) is 13.2 Å². The molecule has 5 nitrogen and oxygen atoms in total. The van der Waals surface area contributed by atoms with Crippen LogP contribution >= 0.6 is 38.2 Å². The van der Waals surface area contributed by atoms with Gasteiger partial charge >= 0.3 is 0 Å². The molecule has 0 aliphatic rings. The Hall–Kier alpha value is -0.500. The highest BCUT2D eigenvalue weighted by Gasteiger charge is 2.24. The lowest BCUT2D eigenvalue weighted by Gasteiger charge is -2.17. The molecule has 112 valence electrons. The fourth-order valence-electron chi connectivity index (χ4n) is 1.38. The van der Waals surface area contributed by atoms with Gasteiger partial charge in [-0.3, -0.25) is 4.79 Å². The Labute approximate surface area is 135 Å². The van der Waals surface area contributed by atoms with Gasteiger partial charge in [0.25, 0.3) is 15.0 Å². The van der Waals surface area contributed by atoms with Crippen LogP contribution in [-0.2, 0) is 13.8 Å². The average molecular weight is 405 g/mol. The molecule has 1 aromatic rings. The largest absolute Gasteiger partial charge is 0.478 e. The fourth-order valence-corrected chi connectivity index (χ4v) is 3.43. The standard InChI is InChI=1S/C11H12BrCl2NO4S/c1-3-15-11(16)6(2)19-10-8(13)4-7(12)5-9(10)20(14,17)18/h4-6H,3H2,1-2H3,(H,15,16). The molecule has 1 aromatic carbocycles. The van der Waals surface area contributed by atoms with Gasteiger partial charge in [-0.2, -0.15) is 0 Å². The Morgan fingerprint density at radius 3 is 2.60 bits per heavy atom. The molecule has 0 saturated heterocycles. The predicted octanol–water partition coefficient (Wildman–Crippen LogP) is 2.93. The lowest BCUT2D eigenvalue weighted by molar-refractivity contribution is -0.127. The molecule has 0 bridgehead atoms. The van der Waals surface area contributed by atoms with Gasteiger partial charge in [0.05, 0.1) is 5.02 Å². The number of hydrogen-bond acceptors (Lipinski definition) is 4. The number of carbonyl (C=O) groups excluding carboxylic acids is 1. The summed E-state index contributed by atoms with van der Waals surface area (Å²) >= 11 is 9.07. The molecular formula is C11H12BrCl2NO4S. The first-order valence-corrected chi connectivity index (χ1v) is 9.03. The second kappa shape index (κ2) is 6.98. The summed E-state index contributed by atoms with van der Waals surface area (Å²) in [7, 11) is 1.28. The summed E-state index contributed by atoms with van der Waals surface area (Å²) < 4.78 is 28.9. The highest BCUT2D eigenvalue weighted by atomic mass is 79.9. The molecule has 0 spiro atoms. The van der Waals surface area contributed by atoms with Gasteiger partial charge in [-0.15, -0.1) is 0 Å². The van der Waals surface area contributed by atoms with E-state index < -0.39 is 15.2 Å². The number of likely N-dealkylation sites (N-methyl/N-ethyl adjacent to an activating group) is 1. The van der Waals surface area contributed by atoms with Gasteiger partial charge in [0, 0.05) is 21.7 Å². The molecule has 1 unspecified atom stereocenters. The first-order chi connectivity index (χ1) is 9.16. The van der Waals surface area contributed by atoms with Gasteiger partial charge in [0.2, 0.25) is 0 Å². The van der Waals surface area contributed by atoms with E-state index in [1.807, 2.05) is 0 Å². The maximum atomic E-state index is 11.6. The van der Waals surface area contributed by atoms with E-state index in [0.717, 1.165) is 0 Å². The smallest absolute Gasteiger partial charge is 0.265 e. The third-order valence-corrected chi connectivity index (χ3v) is 4.32.